The van der Waals surface area contributed by atoms with Crippen molar-refractivity contribution in [3.05, 3.63) is 29.8 Å². The lowest BCUT2D eigenvalue weighted by Gasteiger charge is -2.34. The second-order valence-corrected chi connectivity index (χ2v) is 9.73. The van der Waals surface area contributed by atoms with Crippen molar-refractivity contribution < 1.29 is 19.1 Å². The van der Waals surface area contributed by atoms with Gasteiger partial charge in [-0.1, -0.05) is 32.0 Å². The van der Waals surface area contributed by atoms with Crippen molar-refractivity contribution in [1.29, 1.82) is 0 Å². The molecule has 0 aromatic heterocycles. The molecule has 184 valence electrons. The number of carbonyl (C=O) groups is 3. The maximum Gasteiger partial charge on any atom is 0.243 e. The van der Waals surface area contributed by atoms with Crippen LogP contribution in [0.25, 0.3) is 0 Å². The Kier molecular flexibility index (Phi) is 11.0. The molecule has 0 unspecified atom stereocenters. The van der Waals surface area contributed by atoms with Gasteiger partial charge in [-0.3, -0.25) is 14.4 Å². The normalized spacial score (nSPS) is 16.2. The zero-order valence-electron chi connectivity index (χ0n) is 20.1. The summed E-state index contributed by atoms with van der Waals surface area (Å²) in [6.45, 7) is 5.15. The molecule has 33 heavy (non-hydrogen) atoms. The first-order valence-corrected chi connectivity index (χ1v) is 12.9. The number of amides is 3. The number of ether oxygens (including phenoxy) is 1. The van der Waals surface area contributed by atoms with Crippen molar-refractivity contribution in [2.24, 2.45) is 17.6 Å². The molecule has 9 heteroatoms. The van der Waals surface area contributed by atoms with Crippen LogP contribution in [-0.4, -0.2) is 66.9 Å². The van der Waals surface area contributed by atoms with E-state index in [-0.39, 0.29) is 29.6 Å². The standard InChI is InChI=1S/C24H38N4O4S/c1-16(2)21(23(30)26-15-18-7-5-6-8-20(18)32-3)27-22(29)17-9-12-28(13-10-17)24(31)19(25)11-14-33-4/h5-8,16-17,19,21H,9-15,25H2,1-4H3,(H,26,30)(H,27,29)/t19-,21+/m0/s1. The average Bonchev–Trinajstić information content (AvgIpc) is 2.83. The Morgan fingerprint density at radius 2 is 1.88 bits per heavy atom. The molecule has 2 rings (SSSR count). The molecule has 0 saturated carbocycles. The topological polar surface area (TPSA) is 114 Å². The van der Waals surface area contributed by atoms with E-state index in [1.165, 1.54) is 0 Å². The molecule has 1 fully saturated rings. The highest BCUT2D eigenvalue weighted by molar-refractivity contribution is 7.98. The van der Waals surface area contributed by atoms with Crippen LogP contribution in [0.1, 0.15) is 38.7 Å². The van der Waals surface area contributed by atoms with Gasteiger partial charge in [-0.25, -0.2) is 0 Å². The minimum atomic E-state index is -0.633. The van der Waals surface area contributed by atoms with Crippen LogP contribution >= 0.6 is 11.8 Å². The predicted molar refractivity (Wildman–Crippen MR) is 132 cm³/mol. The minimum absolute atomic E-state index is 0.0429. The summed E-state index contributed by atoms with van der Waals surface area (Å²) in [7, 11) is 1.59. The maximum atomic E-state index is 12.9. The monoisotopic (exact) mass is 478 g/mol. The average molecular weight is 479 g/mol. The molecule has 1 aromatic carbocycles. The molecule has 0 radical (unpaired) electrons. The van der Waals surface area contributed by atoms with Gasteiger partial charge in [0.05, 0.1) is 13.2 Å². The fourth-order valence-corrected chi connectivity index (χ4v) is 4.40. The van der Waals surface area contributed by atoms with Crippen LogP contribution in [-0.2, 0) is 20.9 Å². The van der Waals surface area contributed by atoms with E-state index in [9.17, 15) is 14.4 Å². The summed E-state index contributed by atoms with van der Waals surface area (Å²) in [6.07, 6.45) is 3.78. The number of nitrogens with zero attached hydrogens (tertiary/aromatic N) is 1. The van der Waals surface area contributed by atoms with Crippen molar-refractivity contribution in [3.8, 4) is 5.75 Å². The first kappa shape index (κ1) is 27.0. The van der Waals surface area contributed by atoms with Crippen molar-refractivity contribution in [3.63, 3.8) is 0 Å². The van der Waals surface area contributed by atoms with Gasteiger partial charge in [0.2, 0.25) is 17.7 Å². The number of nitrogens with one attached hydrogen (secondary N) is 2. The minimum Gasteiger partial charge on any atom is -0.496 e. The van der Waals surface area contributed by atoms with Crippen LogP contribution in [0.4, 0.5) is 0 Å². The second kappa shape index (κ2) is 13.4. The zero-order valence-corrected chi connectivity index (χ0v) is 21.0. The van der Waals surface area contributed by atoms with Gasteiger partial charge in [0.1, 0.15) is 11.8 Å². The van der Waals surface area contributed by atoms with Gasteiger partial charge >= 0.3 is 0 Å². The van der Waals surface area contributed by atoms with Gasteiger partial charge in [0, 0.05) is 31.1 Å². The quantitative estimate of drug-likeness (QED) is 0.447. The summed E-state index contributed by atoms with van der Waals surface area (Å²) in [5.41, 5.74) is 6.88. The number of thioether (sulfide) groups is 1. The van der Waals surface area contributed by atoms with E-state index in [4.69, 9.17) is 10.5 Å². The molecule has 0 bridgehead atoms. The molecule has 1 heterocycles. The lowest BCUT2D eigenvalue weighted by atomic mass is 9.94. The molecule has 8 nitrogen and oxygen atoms in total. The highest BCUT2D eigenvalue weighted by atomic mass is 32.2. The van der Waals surface area contributed by atoms with Gasteiger partial charge in [0.15, 0.2) is 0 Å². The number of hydrogen-bond acceptors (Lipinski definition) is 6. The molecule has 3 amide bonds. The van der Waals surface area contributed by atoms with Crippen LogP contribution in [0.5, 0.6) is 5.75 Å². The van der Waals surface area contributed by atoms with Crippen molar-refractivity contribution in [1.82, 2.24) is 15.5 Å². The largest absolute Gasteiger partial charge is 0.496 e. The SMILES string of the molecule is COc1ccccc1CNC(=O)[C@H](NC(=O)C1CCN(C(=O)[C@@H](N)CCSC)CC1)C(C)C. The Balaban J connectivity index is 1.87. The number of likely N-dealkylation sites (tertiary alicyclic amines) is 1. The lowest BCUT2D eigenvalue weighted by Crippen LogP contribution is -2.53. The molecule has 1 aliphatic heterocycles. The van der Waals surface area contributed by atoms with Gasteiger partial charge in [-0.2, -0.15) is 11.8 Å². The van der Waals surface area contributed by atoms with Crippen LogP contribution in [0.15, 0.2) is 24.3 Å². The first-order chi connectivity index (χ1) is 15.8. The summed E-state index contributed by atoms with van der Waals surface area (Å²) in [6, 6.07) is 6.38. The van der Waals surface area contributed by atoms with E-state index < -0.39 is 12.1 Å². The highest BCUT2D eigenvalue weighted by Gasteiger charge is 2.32. The van der Waals surface area contributed by atoms with Crippen molar-refractivity contribution in [2.75, 3.05) is 32.2 Å². The van der Waals surface area contributed by atoms with E-state index >= 15 is 0 Å². The fourth-order valence-electron chi connectivity index (χ4n) is 3.91. The molecule has 1 saturated heterocycles. The molecular formula is C24H38N4O4S. The van der Waals surface area contributed by atoms with Gasteiger partial charge < -0.3 is 26.0 Å². The van der Waals surface area contributed by atoms with Crippen LogP contribution in [0.3, 0.4) is 0 Å². The van der Waals surface area contributed by atoms with Crippen LogP contribution in [0.2, 0.25) is 0 Å². The third kappa shape index (κ3) is 7.92. The summed E-state index contributed by atoms with van der Waals surface area (Å²) < 4.78 is 5.33. The lowest BCUT2D eigenvalue weighted by molar-refractivity contribution is -0.137. The Hall–Kier alpha value is -2.26. The molecule has 1 aliphatic rings. The van der Waals surface area contributed by atoms with E-state index in [2.05, 4.69) is 10.6 Å². The summed E-state index contributed by atoms with van der Waals surface area (Å²) in [4.78, 5) is 40.0. The molecule has 1 aromatic rings. The number of carbonyl (C=O) groups excluding carboxylic acids is 3. The number of benzene rings is 1. The van der Waals surface area contributed by atoms with E-state index in [1.54, 1.807) is 23.8 Å². The summed E-state index contributed by atoms with van der Waals surface area (Å²) >= 11 is 1.67. The van der Waals surface area contributed by atoms with Crippen molar-refractivity contribution in [2.45, 2.75) is 51.7 Å². The van der Waals surface area contributed by atoms with Crippen molar-refractivity contribution >= 4 is 29.5 Å². The molecule has 2 atom stereocenters. The maximum absolute atomic E-state index is 12.9. The Morgan fingerprint density at radius 3 is 2.48 bits per heavy atom. The number of para-hydroxylation sites is 1. The van der Waals surface area contributed by atoms with E-state index in [1.807, 2.05) is 44.4 Å². The number of methoxy groups -OCH3 is 1. The second-order valence-electron chi connectivity index (χ2n) is 8.75. The highest BCUT2D eigenvalue weighted by Crippen LogP contribution is 2.20. The molecule has 0 aliphatic carbocycles. The Bertz CT molecular complexity index is 796. The number of rotatable bonds is 11. The van der Waals surface area contributed by atoms with E-state index in [0.717, 1.165) is 11.3 Å². The number of hydrogen-bond donors (Lipinski definition) is 3. The Labute approximate surface area is 201 Å². The summed E-state index contributed by atoms with van der Waals surface area (Å²) in [5.74, 6) is 0.858. The van der Waals surface area contributed by atoms with E-state index in [0.29, 0.717) is 44.6 Å². The number of piperidine rings is 1. The van der Waals surface area contributed by atoms with Gasteiger partial charge in [-0.15, -0.1) is 0 Å². The van der Waals surface area contributed by atoms with Gasteiger partial charge in [0.25, 0.3) is 0 Å². The molecule has 4 N–H and O–H groups in total. The summed E-state index contributed by atoms with van der Waals surface area (Å²) in [5, 5.41) is 5.84. The third-order valence-corrected chi connectivity index (χ3v) is 6.66. The van der Waals surface area contributed by atoms with Crippen LogP contribution in [0, 0.1) is 11.8 Å². The first-order valence-electron chi connectivity index (χ1n) is 11.5. The smallest absolute Gasteiger partial charge is 0.243 e. The fraction of sp³-hybridized carbons (Fsp3) is 0.625. The predicted octanol–water partition coefficient (Wildman–Crippen LogP) is 1.77. The molecular weight excluding hydrogens is 440 g/mol. The molecule has 0 spiro atoms. The van der Waals surface area contributed by atoms with Crippen LogP contribution < -0.4 is 21.1 Å². The third-order valence-electron chi connectivity index (χ3n) is 6.02. The zero-order chi connectivity index (χ0) is 24.4. The Morgan fingerprint density at radius 1 is 1.21 bits per heavy atom. The number of nitrogens with two attached hydrogens (primary N) is 1. The van der Waals surface area contributed by atoms with Gasteiger partial charge in [-0.05, 0) is 43.3 Å².